The second-order valence-corrected chi connectivity index (χ2v) is 9.27. The number of anilines is 1. The van der Waals surface area contributed by atoms with Gasteiger partial charge in [0, 0.05) is 20.1 Å². The fourth-order valence-corrected chi connectivity index (χ4v) is 4.18. The van der Waals surface area contributed by atoms with Gasteiger partial charge < -0.3 is 15.4 Å². The molecular weight excluding hydrogens is 366 g/mol. The number of sulfonamides is 1. The maximum Gasteiger partial charge on any atom is 0.242 e. The molecule has 0 radical (unpaired) electrons. The quantitative estimate of drug-likeness (QED) is 0.738. The molecule has 2 N–H and O–H groups in total. The number of ether oxygens (including phenoxy) is 1. The number of hydrogen-bond acceptors (Lipinski definition) is 5. The Bertz CT molecular complexity index is 726. The molecular formula is C19H31N3O4S. The Hall–Kier alpha value is -1.64. The van der Waals surface area contributed by atoms with Crippen molar-refractivity contribution in [2.45, 2.75) is 55.9 Å². The topological polar surface area (TPSA) is 87.7 Å². The van der Waals surface area contributed by atoms with Crippen molar-refractivity contribution >= 4 is 21.6 Å². The molecule has 27 heavy (non-hydrogen) atoms. The number of carbonyl (C=O) groups is 1. The number of nitrogens with zero attached hydrogens (tertiary/aromatic N) is 1. The number of methoxy groups -OCH3 is 1. The Morgan fingerprint density at radius 2 is 1.78 bits per heavy atom. The van der Waals surface area contributed by atoms with Crippen LogP contribution in [0.25, 0.3) is 0 Å². The fraction of sp³-hybridized carbons (Fsp3) is 0.632. The third-order valence-corrected chi connectivity index (χ3v) is 6.69. The van der Waals surface area contributed by atoms with Gasteiger partial charge in [0.05, 0.1) is 24.2 Å². The molecule has 1 aliphatic rings. The molecule has 0 bridgehead atoms. The van der Waals surface area contributed by atoms with E-state index in [0.29, 0.717) is 17.5 Å². The van der Waals surface area contributed by atoms with Gasteiger partial charge in [-0.05, 0) is 31.0 Å². The van der Waals surface area contributed by atoms with Crippen molar-refractivity contribution in [2.24, 2.45) is 0 Å². The molecule has 152 valence electrons. The van der Waals surface area contributed by atoms with Gasteiger partial charge in [-0.15, -0.1) is 0 Å². The van der Waals surface area contributed by atoms with Gasteiger partial charge in [-0.3, -0.25) is 4.79 Å². The number of nitrogens with one attached hydrogen (secondary N) is 2. The monoisotopic (exact) mass is 397 g/mol. The van der Waals surface area contributed by atoms with Crippen LogP contribution in [-0.4, -0.2) is 52.4 Å². The molecule has 1 aromatic rings. The fourth-order valence-electron chi connectivity index (χ4n) is 3.25. The summed E-state index contributed by atoms with van der Waals surface area (Å²) in [4.78, 5) is 12.5. The molecule has 1 aliphatic carbocycles. The minimum Gasteiger partial charge on any atom is -0.495 e. The number of amides is 1. The number of benzene rings is 1. The second-order valence-electron chi connectivity index (χ2n) is 7.12. The van der Waals surface area contributed by atoms with E-state index in [-0.39, 0.29) is 17.3 Å². The molecule has 1 amide bonds. The lowest BCUT2D eigenvalue weighted by atomic mass is 9.97. The highest BCUT2D eigenvalue weighted by Gasteiger charge is 2.20. The van der Waals surface area contributed by atoms with Crippen LogP contribution < -0.4 is 15.4 Å². The third-order valence-electron chi connectivity index (χ3n) is 4.88. The van der Waals surface area contributed by atoms with Gasteiger partial charge in [-0.1, -0.05) is 32.1 Å². The van der Waals surface area contributed by atoms with Crippen molar-refractivity contribution < 1.29 is 17.9 Å². The van der Waals surface area contributed by atoms with Crippen molar-refractivity contribution in [3.05, 3.63) is 18.2 Å². The first kappa shape index (κ1) is 21.7. The molecule has 0 atom stereocenters. The van der Waals surface area contributed by atoms with Gasteiger partial charge in [0.25, 0.3) is 0 Å². The first-order valence-corrected chi connectivity index (χ1v) is 10.9. The molecule has 0 aromatic heterocycles. The summed E-state index contributed by atoms with van der Waals surface area (Å²) in [6.07, 6.45) is 8.39. The van der Waals surface area contributed by atoms with E-state index >= 15 is 0 Å². The highest BCUT2D eigenvalue weighted by atomic mass is 32.2. The summed E-state index contributed by atoms with van der Waals surface area (Å²) in [6, 6.07) is 4.81. The van der Waals surface area contributed by atoms with Gasteiger partial charge in [0.1, 0.15) is 5.75 Å². The van der Waals surface area contributed by atoms with Crippen LogP contribution >= 0.6 is 0 Å². The highest BCUT2D eigenvalue weighted by molar-refractivity contribution is 7.89. The Kier molecular flexibility index (Phi) is 8.07. The number of carbonyl (C=O) groups excluding carboxylic acids is 1. The van der Waals surface area contributed by atoms with Gasteiger partial charge in [-0.2, -0.15) is 0 Å². The van der Waals surface area contributed by atoms with Gasteiger partial charge in [-0.25, -0.2) is 12.7 Å². The van der Waals surface area contributed by atoms with E-state index in [0.717, 1.165) is 17.1 Å². The summed E-state index contributed by atoms with van der Waals surface area (Å²) in [7, 11) is 0.836. The largest absolute Gasteiger partial charge is 0.495 e. The molecule has 2 rings (SSSR count). The Morgan fingerprint density at radius 1 is 1.15 bits per heavy atom. The molecule has 7 nitrogen and oxygen atoms in total. The van der Waals surface area contributed by atoms with E-state index < -0.39 is 10.0 Å². The van der Waals surface area contributed by atoms with Crippen LogP contribution in [0.4, 0.5) is 5.69 Å². The predicted octanol–water partition coefficient (Wildman–Crippen LogP) is 2.59. The predicted molar refractivity (Wildman–Crippen MR) is 107 cm³/mol. The van der Waals surface area contributed by atoms with Gasteiger partial charge in [0.15, 0.2) is 0 Å². The minimum atomic E-state index is -3.59. The van der Waals surface area contributed by atoms with Crippen LogP contribution in [0.2, 0.25) is 0 Å². The van der Waals surface area contributed by atoms with Crippen molar-refractivity contribution in [1.29, 1.82) is 0 Å². The average molecular weight is 398 g/mol. The molecule has 1 saturated carbocycles. The van der Waals surface area contributed by atoms with Crippen LogP contribution in [0, 0.1) is 0 Å². The van der Waals surface area contributed by atoms with Crippen LogP contribution in [0.5, 0.6) is 5.75 Å². The Balaban J connectivity index is 2.03. The smallest absolute Gasteiger partial charge is 0.242 e. The molecule has 1 aromatic carbocycles. The number of rotatable bonds is 7. The molecule has 0 heterocycles. The van der Waals surface area contributed by atoms with Crippen LogP contribution in [0.3, 0.4) is 0 Å². The Morgan fingerprint density at radius 3 is 2.37 bits per heavy atom. The lowest BCUT2D eigenvalue weighted by molar-refractivity contribution is -0.115. The van der Waals surface area contributed by atoms with Crippen LogP contribution in [-0.2, 0) is 14.8 Å². The van der Waals surface area contributed by atoms with Gasteiger partial charge >= 0.3 is 0 Å². The lowest BCUT2D eigenvalue weighted by Crippen LogP contribution is -2.36. The normalized spacial score (nSPS) is 16.6. The van der Waals surface area contributed by atoms with E-state index in [4.69, 9.17) is 4.74 Å². The van der Waals surface area contributed by atoms with E-state index in [1.54, 1.807) is 6.07 Å². The van der Waals surface area contributed by atoms with Crippen LogP contribution in [0.15, 0.2) is 23.1 Å². The molecule has 1 fully saturated rings. The minimum absolute atomic E-state index is 0.108. The molecule has 0 spiro atoms. The molecule has 8 heteroatoms. The zero-order valence-corrected chi connectivity index (χ0v) is 17.3. The molecule has 0 unspecified atom stereocenters. The van der Waals surface area contributed by atoms with Crippen molar-refractivity contribution in [3.8, 4) is 5.75 Å². The average Bonchev–Trinajstić information content (AvgIpc) is 2.60. The first-order valence-electron chi connectivity index (χ1n) is 9.48. The highest BCUT2D eigenvalue weighted by Crippen LogP contribution is 2.28. The summed E-state index contributed by atoms with van der Waals surface area (Å²) >= 11 is 0. The maximum atomic E-state index is 12.4. The summed E-state index contributed by atoms with van der Waals surface area (Å²) in [5, 5.41) is 6.10. The summed E-state index contributed by atoms with van der Waals surface area (Å²) in [5.74, 6) is 0.210. The van der Waals surface area contributed by atoms with Gasteiger partial charge in [0.2, 0.25) is 15.9 Å². The molecule has 0 aliphatic heterocycles. The third kappa shape index (κ3) is 6.19. The SMILES string of the molecule is COc1ccc(S(=O)(=O)N(C)C)cc1NC(=O)CNC1CCCCCCC1. The lowest BCUT2D eigenvalue weighted by Gasteiger charge is -2.21. The first-order chi connectivity index (χ1) is 12.8. The van der Waals surface area contributed by atoms with E-state index in [1.807, 2.05) is 0 Å². The zero-order valence-electron chi connectivity index (χ0n) is 16.5. The van der Waals surface area contributed by atoms with Crippen molar-refractivity contribution in [3.63, 3.8) is 0 Å². The van der Waals surface area contributed by atoms with E-state index in [1.165, 1.54) is 65.4 Å². The molecule has 0 saturated heterocycles. The maximum absolute atomic E-state index is 12.4. The van der Waals surface area contributed by atoms with Crippen LogP contribution in [0.1, 0.15) is 44.9 Å². The Labute approximate surface area is 162 Å². The van der Waals surface area contributed by atoms with E-state index in [9.17, 15) is 13.2 Å². The standard InChI is InChI=1S/C19H31N3O4S/c1-22(2)27(24,25)16-11-12-18(26-3)17(13-16)21-19(23)14-20-15-9-7-5-4-6-8-10-15/h11-13,15,20H,4-10,14H2,1-3H3,(H,21,23). The van der Waals surface area contributed by atoms with Crippen molar-refractivity contribution in [1.82, 2.24) is 9.62 Å². The summed E-state index contributed by atoms with van der Waals surface area (Å²) < 4.78 is 31.0. The summed E-state index contributed by atoms with van der Waals surface area (Å²) in [5.41, 5.74) is 0.352. The zero-order chi connectivity index (χ0) is 19.9. The number of hydrogen-bond donors (Lipinski definition) is 2. The van der Waals surface area contributed by atoms with Crippen molar-refractivity contribution in [2.75, 3.05) is 33.1 Å². The van der Waals surface area contributed by atoms with E-state index in [2.05, 4.69) is 10.6 Å². The summed E-state index contributed by atoms with van der Waals surface area (Å²) in [6.45, 7) is 0.193. The second kappa shape index (κ2) is 10.1.